The molecule has 0 aliphatic carbocycles. The van der Waals surface area contributed by atoms with Crippen LogP contribution in [-0.2, 0) is 0 Å². The molecule has 1 amide bonds. The molecule has 0 spiro atoms. The standard InChI is InChI=1S/C23H24N4O2/c28-23(27-14-6-1-2-7-15-27)21-16-25-22(17-24-21)26-18-10-12-20(13-11-18)29-19-8-4-3-5-9-19/h3-5,8-13,16-17H,1-2,6-7,14-15H2,(H,25,26). The molecule has 0 radical (unpaired) electrons. The van der Waals surface area contributed by atoms with Gasteiger partial charge in [0.1, 0.15) is 23.0 Å². The molecule has 1 aliphatic rings. The van der Waals surface area contributed by atoms with Crippen molar-refractivity contribution in [3.63, 3.8) is 0 Å². The topological polar surface area (TPSA) is 67.3 Å². The molecule has 2 aromatic carbocycles. The van der Waals surface area contributed by atoms with Crippen LogP contribution in [-0.4, -0.2) is 33.9 Å². The number of nitrogens with zero attached hydrogens (tertiary/aromatic N) is 3. The first-order valence-electron chi connectivity index (χ1n) is 9.99. The van der Waals surface area contributed by atoms with Crippen LogP contribution in [0.3, 0.4) is 0 Å². The van der Waals surface area contributed by atoms with Crippen molar-refractivity contribution in [3.05, 3.63) is 72.7 Å². The first-order chi connectivity index (χ1) is 14.3. The molecule has 0 unspecified atom stereocenters. The van der Waals surface area contributed by atoms with Crippen molar-refractivity contribution < 1.29 is 9.53 Å². The van der Waals surface area contributed by atoms with Crippen molar-refractivity contribution in [2.75, 3.05) is 18.4 Å². The molecule has 0 saturated carbocycles. The number of carbonyl (C=O) groups excluding carboxylic acids is 1. The van der Waals surface area contributed by atoms with Crippen molar-refractivity contribution in [1.82, 2.24) is 14.9 Å². The van der Waals surface area contributed by atoms with Crippen molar-refractivity contribution in [3.8, 4) is 11.5 Å². The van der Waals surface area contributed by atoms with E-state index in [2.05, 4.69) is 15.3 Å². The predicted octanol–water partition coefficient (Wildman–Crippen LogP) is 5.03. The maximum absolute atomic E-state index is 12.6. The molecule has 29 heavy (non-hydrogen) atoms. The first-order valence-corrected chi connectivity index (χ1v) is 9.99. The van der Waals surface area contributed by atoms with E-state index in [0.717, 1.165) is 43.1 Å². The summed E-state index contributed by atoms with van der Waals surface area (Å²) in [7, 11) is 0. The Hall–Kier alpha value is -3.41. The van der Waals surface area contributed by atoms with E-state index in [1.54, 1.807) is 12.4 Å². The summed E-state index contributed by atoms with van der Waals surface area (Å²) in [6.45, 7) is 1.61. The minimum absolute atomic E-state index is 0.0339. The van der Waals surface area contributed by atoms with Gasteiger partial charge in [0, 0.05) is 18.8 Å². The second-order valence-corrected chi connectivity index (χ2v) is 7.06. The van der Waals surface area contributed by atoms with Gasteiger partial charge in [0.2, 0.25) is 0 Å². The van der Waals surface area contributed by atoms with Gasteiger partial charge in [-0.05, 0) is 49.2 Å². The molecule has 3 aromatic rings. The fourth-order valence-corrected chi connectivity index (χ4v) is 3.32. The minimum Gasteiger partial charge on any atom is -0.457 e. The predicted molar refractivity (Wildman–Crippen MR) is 113 cm³/mol. The van der Waals surface area contributed by atoms with Crippen LogP contribution in [0.4, 0.5) is 11.5 Å². The van der Waals surface area contributed by atoms with Crippen LogP contribution in [0.25, 0.3) is 0 Å². The summed E-state index contributed by atoms with van der Waals surface area (Å²) in [6.07, 6.45) is 7.63. The highest BCUT2D eigenvalue weighted by Gasteiger charge is 2.18. The number of nitrogens with one attached hydrogen (secondary N) is 1. The zero-order valence-electron chi connectivity index (χ0n) is 16.3. The van der Waals surface area contributed by atoms with Crippen molar-refractivity contribution in [2.45, 2.75) is 25.7 Å². The summed E-state index contributed by atoms with van der Waals surface area (Å²) < 4.78 is 5.79. The largest absolute Gasteiger partial charge is 0.457 e. The Balaban J connectivity index is 1.36. The second-order valence-electron chi connectivity index (χ2n) is 7.06. The third-order valence-corrected chi connectivity index (χ3v) is 4.87. The Morgan fingerprint density at radius 2 is 1.52 bits per heavy atom. The summed E-state index contributed by atoms with van der Waals surface area (Å²) in [5.41, 5.74) is 1.26. The third kappa shape index (κ3) is 5.10. The lowest BCUT2D eigenvalue weighted by atomic mass is 10.2. The van der Waals surface area contributed by atoms with Gasteiger partial charge >= 0.3 is 0 Å². The van der Waals surface area contributed by atoms with Crippen LogP contribution in [0.1, 0.15) is 36.2 Å². The maximum atomic E-state index is 12.6. The molecular weight excluding hydrogens is 364 g/mol. The molecule has 1 fully saturated rings. The average molecular weight is 388 g/mol. The summed E-state index contributed by atoms with van der Waals surface area (Å²) in [5, 5.41) is 3.20. The Bertz CT molecular complexity index is 919. The Morgan fingerprint density at radius 1 is 0.828 bits per heavy atom. The van der Waals surface area contributed by atoms with E-state index < -0.39 is 0 Å². The number of benzene rings is 2. The molecule has 1 N–H and O–H groups in total. The summed E-state index contributed by atoms with van der Waals surface area (Å²) in [4.78, 5) is 23.1. The Morgan fingerprint density at radius 3 is 2.17 bits per heavy atom. The molecule has 0 bridgehead atoms. The molecule has 0 atom stereocenters. The van der Waals surface area contributed by atoms with Gasteiger partial charge in [-0.25, -0.2) is 9.97 Å². The van der Waals surface area contributed by atoms with E-state index in [1.807, 2.05) is 59.5 Å². The Kier molecular flexibility index (Phi) is 6.00. The number of aromatic nitrogens is 2. The average Bonchev–Trinajstić information content (AvgIpc) is 3.06. The maximum Gasteiger partial charge on any atom is 0.274 e. The monoisotopic (exact) mass is 388 g/mol. The highest BCUT2D eigenvalue weighted by molar-refractivity contribution is 5.92. The number of hydrogen-bond donors (Lipinski definition) is 1. The number of para-hydroxylation sites is 1. The number of likely N-dealkylation sites (tertiary alicyclic amines) is 1. The van der Waals surface area contributed by atoms with E-state index in [9.17, 15) is 4.79 Å². The third-order valence-electron chi connectivity index (χ3n) is 4.87. The molecule has 1 aliphatic heterocycles. The summed E-state index contributed by atoms with van der Waals surface area (Å²) in [5.74, 6) is 2.11. The summed E-state index contributed by atoms with van der Waals surface area (Å²) in [6, 6.07) is 17.3. The zero-order chi connectivity index (χ0) is 19.9. The molecule has 1 saturated heterocycles. The van der Waals surface area contributed by atoms with E-state index in [1.165, 1.54) is 12.8 Å². The van der Waals surface area contributed by atoms with Crippen LogP contribution in [0.5, 0.6) is 11.5 Å². The van der Waals surface area contributed by atoms with Crippen LogP contribution in [0.15, 0.2) is 67.0 Å². The SMILES string of the molecule is O=C(c1cnc(Nc2ccc(Oc3ccccc3)cc2)cn1)N1CCCCCC1. The van der Waals surface area contributed by atoms with Gasteiger partial charge in [0.15, 0.2) is 0 Å². The Labute approximate surface area is 170 Å². The fourth-order valence-electron chi connectivity index (χ4n) is 3.32. The van der Waals surface area contributed by atoms with Crippen molar-refractivity contribution >= 4 is 17.4 Å². The normalized spacial score (nSPS) is 14.1. The number of hydrogen-bond acceptors (Lipinski definition) is 5. The number of ether oxygens (including phenoxy) is 1. The fraction of sp³-hybridized carbons (Fsp3) is 0.261. The van der Waals surface area contributed by atoms with Gasteiger partial charge in [-0.3, -0.25) is 4.79 Å². The number of carbonyl (C=O) groups is 1. The van der Waals surface area contributed by atoms with Gasteiger partial charge in [0.05, 0.1) is 12.4 Å². The number of anilines is 2. The van der Waals surface area contributed by atoms with Crippen LogP contribution >= 0.6 is 0 Å². The van der Waals surface area contributed by atoms with E-state index in [-0.39, 0.29) is 5.91 Å². The minimum atomic E-state index is -0.0339. The van der Waals surface area contributed by atoms with Gasteiger partial charge in [-0.1, -0.05) is 31.0 Å². The second kappa shape index (κ2) is 9.19. The smallest absolute Gasteiger partial charge is 0.274 e. The number of rotatable bonds is 5. The zero-order valence-corrected chi connectivity index (χ0v) is 16.3. The summed E-state index contributed by atoms with van der Waals surface area (Å²) >= 11 is 0. The molecule has 6 nitrogen and oxygen atoms in total. The highest BCUT2D eigenvalue weighted by Crippen LogP contribution is 2.23. The lowest BCUT2D eigenvalue weighted by Crippen LogP contribution is -2.32. The van der Waals surface area contributed by atoms with E-state index in [0.29, 0.717) is 11.5 Å². The van der Waals surface area contributed by atoms with E-state index >= 15 is 0 Å². The van der Waals surface area contributed by atoms with Gasteiger partial charge in [-0.2, -0.15) is 0 Å². The lowest BCUT2D eigenvalue weighted by molar-refractivity contribution is 0.0755. The lowest BCUT2D eigenvalue weighted by Gasteiger charge is -2.19. The molecule has 6 heteroatoms. The van der Waals surface area contributed by atoms with Gasteiger partial charge < -0.3 is 15.0 Å². The van der Waals surface area contributed by atoms with Crippen LogP contribution in [0.2, 0.25) is 0 Å². The molecule has 4 rings (SSSR count). The van der Waals surface area contributed by atoms with Gasteiger partial charge in [0.25, 0.3) is 5.91 Å². The van der Waals surface area contributed by atoms with Crippen LogP contribution < -0.4 is 10.1 Å². The van der Waals surface area contributed by atoms with Gasteiger partial charge in [-0.15, -0.1) is 0 Å². The molecule has 2 heterocycles. The number of amides is 1. The molecular formula is C23H24N4O2. The van der Waals surface area contributed by atoms with Crippen LogP contribution in [0, 0.1) is 0 Å². The molecule has 1 aromatic heterocycles. The molecule has 148 valence electrons. The first kappa shape index (κ1) is 18.9. The highest BCUT2D eigenvalue weighted by atomic mass is 16.5. The quantitative estimate of drug-likeness (QED) is 0.664. The van der Waals surface area contributed by atoms with E-state index in [4.69, 9.17) is 4.74 Å². The van der Waals surface area contributed by atoms with Crippen molar-refractivity contribution in [1.29, 1.82) is 0 Å². The van der Waals surface area contributed by atoms with Crippen molar-refractivity contribution in [2.24, 2.45) is 0 Å².